The first-order chi connectivity index (χ1) is 12.4. The Balaban J connectivity index is 0.00000261. The summed E-state index contributed by atoms with van der Waals surface area (Å²) in [6, 6.07) is 2.49. The fourth-order valence-electron chi connectivity index (χ4n) is 3.02. The van der Waals surface area contributed by atoms with Crippen LogP contribution in [0.3, 0.4) is 0 Å². The Bertz CT molecular complexity index is 788. The molecule has 1 saturated heterocycles. The lowest BCUT2D eigenvalue weighted by atomic mass is 10.0. The van der Waals surface area contributed by atoms with Crippen LogP contribution in [0.25, 0.3) is 0 Å². The highest BCUT2D eigenvalue weighted by molar-refractivity contribution is 5.85. The molecule has 7 nitrogen and oxygen atoms in total. The maximum atomic E-state index is 14.1. The van der Waals surface area contributed by atoms with Gasteiger partial charge < -0.3 is 15.2 Å². The number of halogens is 3. The van der Waals surface area contributed by atoms with Crippen molar-refractivity contribution in [1.82, 2.24) is 25.7 Å². The maximum absolute atomic E-state index is 14.1. The number of nitrogens with zero attached hydrogens (tertiary/aromatic N) is 3. The predicted octanol–water partition coefficient (Wildman–Crippen LogP) is 1.77. The van der Waals surface area contributed by atoms with Gasteiger partial charge in [0.2, 0.25) is 11.8 Å². The number of amides is 1. The van der Waals surface area contributed by atoms with Gasteiger partial charge in [0.05, 0.1) is 18.5 Å². The summed E-state index contributed by atoms with van der Waals surface area (Å²) in [4.78, 5) is 18.0. The molecule has 3 rings (SSSR count). The Kier molecular flexibility index (Phi) is 7.23. The Morgan fingerprint density at radius 3 is 2.93 bits per heavy atom. The van der Waals surface area contributed by atoms with Crippen LogP contribution in [0, 0.1) is 11.6 Å². The number of rotatable bonds is 5. The molecule has 2 heterocycles. The van der Waals surface area contributed by atoms with Crippen LogP contribution in [-0.2, 0) is 11.2 Å². The van der Waals surface area contributed by atoms with Gasteiger partial charge in [-0.15, -0.1) is 12.4 Å². The van der Waals surface area contributed by atoms with E-state index in [-0.39, 0.29) is 42.2 Å². The average Bonchev–Trinajstić information content (AvgIpc) is 3.02. The van der Waals surface area contributed by atoms with Crippen LogP contribution in [0.2, 0.25) is 0 Å². The molecule has 1 aliphatic heterocycles. The summed E-state index contributed by atoms with van der Waals surface area (Å²) in [5.41, 5.74) is 0.165. The minimum atomic E-state index is -0.736. The number of aromatic nitrogens is 2. The van der Waals surface area contributed by atoms with Crippen LogP contribution in [0.1, 0.15) is 36.3 Å². The summed E-state index contributed by atoms with van der Waals surface area (Å²) in [6.07, 6.45) is 0.110. The first-order valence-electron chi connectivity index (χ1n) is 8.39. The lowest BCUT2D eigenvalue weighted by Crippen LogP contribution is -2.44. The molecule has 1 fully saturated rings. The molecule has 27 heavy (non-hydrogen) atoms. The van der Waals surface area contributed by atoms with E-state index in [1.165, 1.54) is 13.0 Å². The van der Waals surface area contributed by atoms with Gasteiger partial charge in [0.25, 0.3) is 0 Å². The standard InChI is InChI=1S/C17H21F2N5O2.ClH/c1-10(25)21-14(12-4-3-11(18)7-13(12)19)8-16-22-17(23-26-16)15-9-20-5-6-24(15)2;/h3-4,7,14-15,20H,5-6,8-9H2,1-2H3,(H,21,25);1H. The van der Waals surface area contributed by atoms with Crippen LogP contribution in [0.4, 0.5) is 8.78 Å². The zero-order valence-corrected chi connectivity index (χ0v) is 15.9. The highest BCUT2D eigenvalue weighted by atomic mass is 35.5. The number of nitrogens with one attached hydrogen (secondary N) is 2. The lowest BCUT2D eigenvalue weighted by molar-refractivity contribution is -0.119. The third-order valence-electron chi connectivity index (χ3n) is 4.39. The molecule has 10 heteroatoms. The van der Waals surface area contributed by atoms with E-state index in [1.807, 2.05) is 7.05 Å². The first-order valence-corrected chi connectivity index (χ1v) is 8.39. The Morgan fingerprint density at radius 2 is 2.26 bits per heavy atom. The molecule has 0 radical (unpaired) electrons. The maximum Gasteiger partial charge on any atom is 0.229 e. The number of benzene rings is 1. The van der Waals surface area contributed by atoms with E-state index in [1.54, 1.807) is 0 Å². The smallest absolute Gasteiger partial charge is 0.229 e. The molecule has 2 atom stereocenters. The van der Waals surface area contributed by atoms with Gasteiger partial charge in [-0.25, -0.2) is 8.78 Å². The number of hydrogen-bond donors (Lipinski definition) is 2. The zero-order valence-electron chi connectivity index (χ0n) is 15.0. The van der Waals surface area contributed by atoms with Crippen LogP contribution in [0.5, 0.6) is 0 Å². The van der Waals surface area contributed by atoms with Gasteiger partial charge in [-0.05, 0) is 13.1 Å². The molecule has 2 unspecified atom stereocenters. The van der Waals surface area contributed by atoms with Crippen molar-refractivity contribution >= 4 is 18.3 Å². The summed E-state index contributed by atoms with van der Waals surface area (Å²) >= 11 is 0. The summed E-state index contributed by atoms with van der Waals surface area (Å²) < 4.78 is 32.6. The molecular weight excluding hydrogens is 380 g/mol. The molecule has 148 valence electrons. The van der Waals surface area contributed by atoms with Gasteiger partial charge in [-0.2, -0.15) is 4.98 Å². The van der Waals surface area contributed by atoms with Crippen LogP contribution in [0.15, 0.2) is 22.7 Å². The topological polar surface area (TPSA) is 83.3 Å². The van der Waals surface area contributed by atoms with E-state index in [4.69, 9.17) is 4.52 Å². The molecule has 1 aromatic heterocycles. The quantitative estimate of drug-likeness (QED) is 0.794. The highest BCUT2D eigenvalue weighted by Gasteiger charge is 2.27. The molecule has 2 aromatic rings. The average molecular weight is 402 g/mol. The van der Waals surface area contributed by atoms with Crippen molar-refractivity contribution in [2.75, 3.05) is 26.7 Å². The van der Waals surface area contributed by atoms with Crippen molar-refractivity contribution < 1.29 is 18.1 Å². The Morgan fingerprint density at radius 1 is 1.48 bits per heavy atom. The van der Waals surface area contributed by atoms with E-state index < -0.39 is 17.7 Å². The van der Waals surface area contributed by atoms with Crippen molar-refractivity contribution in [1.29, 1.82) is 0 Å². The second kappa shape index (κ2) is 9.20. The second-order valence-electron chi connectivity index (χ2n) is 6.37. The second-order valence-corrected chi connectivity index (χ2v) is 6.37. The van der Waals surface area contributed by atoms with E-state index in [0.717, 1.165) is 25.2 Å². The van der Waals surface area contributed by atoms with Gasteiger partial charge in [-0.3, -0.25) is 9.69 Å². The minimum Gasteiger partial charge on any atom is -0.349 e. The fraction of sp³-hybridized carbons (Fsp3) is 0.471. The van der Waals surface area contributed by atoms with Gasteiger partial charge in [0, 0.05) is 38.2 Å². The number of hydrogen-bond acceptors (Lipinski definition) is 6. The molecule has 0 aliphatic carbocycles. The zero-order chi connectivity index (χ0) is 18.7. The molecule has 0 saturated carbocycles. The minimum absolute atomic E-state index is 0. The number of carbonyl (C=O) groups excluding carboxylic acids is 1. The van der Waals surface area contributed by atoms with Crippen LogP contribution in [-0.4, -0.2) is 47.6 Å². The van der Waals surface area contributed by atoms with Crippen molar-refractivity contribution in [3.05, 3.63) is 47.1 Å². The normalized spacial score (nSPS) is 18.6. The van der Waals surface area contributed by atoms with E-state index in [0.29, 0.717) is 12.4 Å². The number of carbonyl (C=O) groups is 1. The summed E-state index contributed by atoms with van der Waals surface area (Å²) in [5, 5.41) is 9.94. The predicted molar refractivity (Wildman–Crippen MR) is 96.4 cm³/mol. The highest BCUT2D eigenvalue weighted by Crippen LogP contribution is 2.23. The largest absolute Gasteiger partial charge is 0.349 e. The van der Waals surface area contributed by atoms with Gasteiger partial charge >= 0.3 is 0 Å². The van der Waals surface area contributed by atoms with Gasteiger partial charge in [0.1, 0.15) is 11.6 Å². The van der Waals surface area contributed by atoms with E-state index in [2.05, 4.69) is 25.7 Å². The molecule has 1 aliphatic rings. The van der Waals surface area contributed by atoms with Crippen LogP contribution >= 0.6 is 12.4 Å². The Hall–Kier alpha value is -2.10. The van der Waals surface area contributed by atoms with Crippen molar-refractivity contribution in [2.24, 2.45) is 0 Å². The molecule has 0 spiro atoms. The lowest BCUT2D eigenvalue weighted by Gasteiger charge is -2.30. The number of piperazine rings is 1. The number of likely N-dealkylation sites (N-methyl/N-ethyl adjacent to an activating group) is 1. The third-order valence-corrected chi connectivity index (χ3v) is 4.39. The molecule has 2 N–H and O–H groups in total. The van der Waals surface area contributed by atoms with Gasteiger partial charge in [0.15, 0.2) is 5.82 Å². The van der Waals surface area contributed by atoms with E-state index >= 15 is 0 Å². The van der Waals surface area contributed by atoms with Gasteiger partial charge in [-0.1, -0.05) is 11.2 Å². The first kappa shape index (κ1) is 21.2. The molecule has 0 bridgehead atoms. The third kappa shape index (κ3) is 5.21. The van der Waals surface area contributed by atoms with E-state index in [9.17, 15) is 13.6 Å². The van der Waals surface area contributed by atoms with Crippen molar-refractivity contribution in [3.63, 3.8) is 0 Å². The van der Waals surface area contributed by atoms with Crippen LogP contribution < -0.4 is 10.6 Å². The summed E-state index contributed by atoms with van der Waals surface area (Å²) in [6.45, 7) is 3.80. The molecule has 1 aromatic carbocycles. The molecular formula is C17H22ClF2N5O2. The fourth-order valence-corrected chi connectivity index (χ4v) is 3.02. The SMILES string of the molecule is CC(=O)NC(Cc1nc(C2CNCCN2C)no1)c1ccc(F)cc1F.Cl. The summed E-state index contributed by atoms with van der Waals surface area (Å²) in [5.74, 6) is -0.938. The molecule has 1 amide bonds. The van der Waals surface area contributed by atoms with Crippen molar-refractivity contribution in [2.45, 2.75) is 25.4 Å². The monoisotopic (exact) mass is 401 g/mol. The summed E-state index contributed by atoms with van der Waals surface area (Å²) in [7, 11) is 1.98. The Labute approximate surface area is 161 Å². The van der Waals surface area contributed by atoms with Crippen molar-refractivity contribution in [3.8, 4) is 0 Å².